The van der Waals surface area contributed by atoms with E-state index in [0.717, 1.165) is 0 Å². The summed E-state index contributed by atoms with van der Waals surface area (Å²) in [6.45, 7) is 9.70. The maximum atomic E-state index is 12.8. The van der Waals surface area contributed by atoms with Crippen molar-refractivity contribution in [2.75, 3.05) is 0 Å². The summed E-state index contributed by atoms with van der Waals surface area (Å²) < 4.78 is 34.4. The summed E-state index contributed by atoms with van der Waals surface area (Å²) in [6, 6.07) is 8.08. The summed E-state index contributed by atoms with van der Waals surface area (Å²) in [5.74, 6) is -2.82. The molecule has 0 unspecified atom stereocenters. The van der Waals surface area contributed by atoms with Crippen LogP contribution in [0.2, 0.25) is 0 Å². The predicted octanol–water partition coefficient (Wildman–Crippen LogP) is 6.60. The van der Waals surface area contributed by atoms with E-state index in [0.29, 0.717) is 11.1 Å². The average molecular weight is 773 g/mol. The number of hydrogen-bond donors (Lipinski definition) is 6. The second-order valence-corrected chi connectivity index (χ2v) is 14.9. The molecule has 0 bridgehead atoms. The number of phosphoric ester groups is 2. The van der Waals surface area contributed by atoms with Crippen LogP contribution in [0.3, 0.4) is 0 Å². The van der Waals surface area contributed by atoms with E-state index in [1.807, 2.05) is 0 Å². The summed E-state index contributed by atoms with van der Waals surface area (Å²) >= 11 is 0. The number of rotatable bonds is 16. The van der Waals surface area contributed by atoms with E-state index < -0.39 is 44.5 Å². The molecule has 0 aliphatic heterocycles. The number of ketones is 4. The van der Waals surface area contributed by atoms with Crippen LogP contribution in [0.15, 0.2) is 59.4 Å². The lowest BCUT2D eigenvalue weighted by Crippen LogP contribution is -2.09. The van der Waals surface area contributed by atoms with Crippen LogP contribution in [-0.2, 0) is 39.6 Å². The number of benzene rings is 3. The molecule has 0 aromatic heterocycles. The van der Waals surface area contributed by atoms with E-state index in [2.05, 4.69) is 0 Å². The fourth-order valence-corrected chi connectivity index (χ4v) is 6.48. The third-order valence-electron chi connectivity index (χ3n) is 8.33. The Morgan fingerprint density at radius 1 is 0.623 bits per heavy atom. The Labute approximate surface area is 306 Å². The van der Waals surface area contributed by atoms with Crippen LogP contribution in [0.4, 0.5) is 0 Å². The Balaban J connectivity index is 2.36. The second kappa shape index (κ2) is 17.0. The van der Waals surface area contributed by atoms with Gasteiger partial charge in [-0.15, -0.1) is 0 Å². The first-order valence-electron chi connectivity index (χ1n) is 16.2. The van der Waals surface area contributed by atoms with Gasteiger partial charge in [0.05, 0.1) is 5.76 Å². The molecule has 284 valence electrons. The first kappa shape index (κ1) is 42.7. The van der Waals surface area contributed by atoms with Gasteiger partial charge < -0.3 is 19.3 Å². The summed E-state index contributed by atoms with van der Waals surface area (Å²) in [5.41, 5.74) is 1.30. The molecule has 0 saturated heterocycles. The third-order valence-corrected chi connectivity index (χ3v) is 9.17. The number of phenols is 1. The molecule has 0 spiro atoms. The molecule has 6 N–H and O–H groups in total. The molecule has 53 heavy (non-hydrogen) atoms. The zero-order valence-electron chi connectivity index (χ0n) is 30.2. The standard InChI is InChI=1S/C37H42O14P2/c1-8-25-10-27(22(5)40)14-33(36(25)50-52(44,45)46)17-30-11-28(23(6)41)12-31(35(30)43)18-34-16-29(24(7)42)15-32(37(34)51-53(47,48)49)13-26(21(4)39)9-19(2)20(3)38/h9-12,14-16,38,43H,8,13,17-18H2,1-7H3,(H2,44,45,46)(H2,47,48,49). The smallest absolute Gasteiger partial charge is 0.512 e. The summed E-state index contributed by atoms with van der Waals surface area (Å²) in [6.07, 6.45) is 0.641. The van der Waals surface area contributed by atoms with Gasteiger partial charge in [-0.05, 0) is 118 Å². The first-order valence-corrected chi connectivity index (χ1v) is 19.2. The highest BCUT2D eigenvalue weighted by molar-refractivity contribution is 7.47. The Morgan fingerprint density at radius 3 is 1.32 bits per heavy atom. The highest BCUT2D eigenvalue weighted by Crippen LogP contribution is 2.45. The lowest BCUT2D eigenvalue weighted by atomic mass is 9.89. The topological polar surface area (TPSA) is 242 Å². The molecular formula is C37H42O14P2. The molecule has 3 aromatic rings. The van der Waals surface area contributed by atoms with Crippen LogP contribution in [0.1, 0.15) is 113 Å². The molecule has 0 radical (unpaired) electrons. The number of carbonyl (C=O) groups excluding carboxylic acids is 4. The molecular weight excluding hydrogens is 730 g/mol. The quantitative estimate of drug-likeness (QED) is 0.0296. The van der Waals surface area contributed by atoms with Gasteiger partial charge in [0.15, 0.2) is 23.1 Å². The van der Waals surface area contributed by atoms with Crippen molar-refractivity contribution in [3.63, 3.8) is 0 Å². The molecule has 0 aliphatic carbocycles. The molecule has 0 fully saturated rings. The summed E-state index contributed by atoms with van der Waals surface area (Å²) in [7, 11) is -10.4. The van der Waals surface area contributed by atoms with Gasteiger partial charge in [0.25, 0.3) is 0 Å². The second-order valence-electron chi connectivity index (χ2n) is 12.6. The maximum absolute atomic E-state index is 12.8. The van der Waals surface area contributed by atoms with E-state index in [1.54, 1.807) is 13.8 Å². The van der Waals surface area contributed by atoms with E-state index in [4.69, 9.17) is 9.05 Å². The van der Waals surface area contributed by atoms with Crippen molar-refractivity contribution in [1.29, 1.82) is 0 Å². The van der Waals surface area contributed by atoms with Crippen molar-refractivity contribution in [2.45, 2.75) is 74.1 Å². The third kappa shape index (κ3) is 11.7. The molecule has 14 nitrogen and oxygen atoms in total. The zero-order valence-corrected chi connectivity index (χ0v) is 32.0. The lowest BCUT2D eigenvalue weighted by molar-refractivity contribution is -0.113. The molecule has 0 amide bonds. The highest BCUT2D eigenvalue weighted by atomic mass is 31.2. The molecule has 16 heteroatoms. The number of hydrogen-bond acceptors (Lipinski definition) is 10. The van der Waals surface area contributed by atoms with Gasteiger partial charge in [-0.2, -0.15) is 0 Å². The van der Waals surface area contributed by atoms with Gasteiger partial charge >= 0.3 is 15.6 Å². The van der Waals surface area contributed by atoms with Crippen molar-refractivity contribution in [2.24, 2.45) is 0 Å². The van der Waals surface area contributed by atoms with Crippen molar-refractivity contribution >= 4 is 38.8 Å². The predicted molar refractivity (Wildman–Crippen MR) is 195 cm³/mol. The maximum Gasteiger partial charge on any atom is 0.524 e. The van der Waals surface area contributed by atoms with Crippen molar-refractivity contribution in [1.82, 2.24) is 0 Å². The van der Waals surface area contributed by atoms with Gasteiger partial charge in [0.1, 0.15) is 17.2 Å². The number of aromatic hydroxyl groups is 1. The van der Waals surface area contributed by atoms with Crippen molar-refractivity contribution < 1.29 is 67.1 Å². The Hall–Kier alpha value is -4.68. The van der Waals surface area contributed by atoms with Gasteiger partial charge in [-0.3, -0.25) is 38.8 Å². The summed E-state index contributed by atoms with van der Waals surface area (Å²) in [4.78, 5) is 89.7. The van der Waals surface area contributed by atoms with Crippen LogP contribution < -0.4 is 9.05 Å². The van der Waals surface area contributed by atoms with Crippen LogP contribution >= 0.6 is 15.6 Å². The first-order chi connectivity index (χ1) is 24.4. The van der Waals surface area contributed by atoms with Gasteiger partial charge in [-0.25, -0.2) is 9.13 Å². The Morgan fingerprint density at radius 2 is 0.981 bits per heavy atom. The fourth-order valence-electron chi connectivity index (χ4n) is 5.54. The minimum absolute atomic E-state index is 0.0103. The van der Waals surface area contributed by atoms with E-state index in [9.17, 15) is 58.1 Å². The highest BCUT2D eigenvalue weighted by Gasteiger charge is 2.27. The van der Waals surface area contributed by atoms with Crippen molar-refractivity contribution in [3.8, 4) is 17.2 Å². The van der Waals surface area contributed by atoms with Gasteiger partial charge in [0.2, 0.25) is 0 Å². The van der Waals surface area contributed by atoms with Gasteiger partial charge in [0, 0.05) is 52.6 Å². The Bertz CT molecular complexity index is 2150. The molecule has 0 saturated carbocycles. The van der Waals surface area contributed by atoms with Crippen LogP contribution in [-0.4, -0.2) is 52.9 Å². The minimum Gasteiger partial charge on any atom is -0.512 e. The number of aliphatic hydroxyl groups is 1. The minimum atomic E-state index is -5.29. The van der Waals surface area contributed by atoms with Crippen LogP contribution in [0.25, 0.3) is 0 Å². The molecule has 0 aliphatic rings. The SMILES string of the molecule is CCc1cc(C(C)=O)cc(Cc2cc(C(C)=O)cc(Cc3cc(C(C)=O)cc(CC(=CC(C)=C(C)O)C(C)=O)c3OP(=O)(O)O)c2O)c1OP(=O)(O)O. The number of allylic oxidation sites excluding steroid dienone is 4. The monoisotopic (exact) mass is 772 g/mol. The number of Topliss-reactive ketones (excluding diaryl/α,β-unsaturated/α-hetero) is 4. The fraction of sp³-hybridized carbons (Fsp3) is 0.297. The lowest BCUT2D eigenvalue weighted by Gasteiger charge is -2.20. The van der Waals surface area contributed by atoms with E-state index >= 15 is 0 Å². The van der Waals surface area contributed by atoms with Gasteiger partial charge in [-0.1, -0.05) is 6.92 Å². The van der Waals surface area contributed by atoms with E-state index in [1.165, 1.54) is 77.1 Å². The van der Waals surface area contributed by atoms with Crippen LogP contribution in [0, 0.1) is 0 Å². The number of phenolic OH excluding ortho intramolecular Hbond substituents is 1. The zero-order chi connectivity index (χ0) is 40.2. The molecule has 3 aromatic carbocycles. The summed E-state index contributed by atoms with van der Waals surface area (Å²) in [5, 5.41) is 21.6. The normalized spacial score (nSPS) is 12.6. The molecule has 0 atom stereocenters. The average Bonchev–Trinajstić information content (AvgIpc) is 3.02. The number of carbonyl (C=O) groups is 4. The van der Waals surface area contributed by atoms with E-state index in [-0.39, 0.29) is 93.1 Å². The van der Waals surface area contributed by atoms with Crippen LogP contribution in [0.5, 0.6) is 17.2 Å². The molecule has 0 heterocycles. The number of phosphoric acid groups is 2. The Kier molecular flexibility index (Phi) is 13.7. The number of aryl methyl sites for hydroxylation is 1. The van der Waals surface area contributed by atoms with Crippen molar-refractivity contribution in [3.05, 3.63) is 109 Å². The number of aliphatic hydroxyl groups excluding tert-OH is 1. The molecule has 3 rings (SSSR count). The largest absolute Gasteiger partial charge is 0.524 e.